The van der Waals surface area contributed by atoms with Gasteiger partial charge in [-0.15, -0.1) is 0 Å². The van der Waals surface area contributed by atoms with Crippen molar-refractivity contribution in [1.29, 1.82) is 0 Å². The SMILES string of the molecule is Cc1cnc(C(=O)NC[C@@H]2CC[C@H](CC(=O)NCCc3ccn[nH]3)N2C)cn1. The third kappa shape index (κ3) is 5.35. The van der Waals surface area contributed by atoms with Gasteiger partial charge in [0.1, 0.15) is 5.69 Å². The molecule has 2 atom stereocenters. The van der Waals surface area contributed by atoms with Crippen LogP contribution in [0.25, 0.3) is 0 Å². The summed E-state index contributed by atoms with van der Waals surface area (Å²) in [7, 11) is 2.01. The molecule has 0 bridgehead atoms. The number of nitrogens with zero attached hydrogens (tertiary/aromatic N) is 4. The van der Waals surface area contributed by atoms with Crippen molar-refractivity contribution >= 4 is 11.8 Å². The molecule has 0 aromatic carbocycles. The fourth-order valence-electron chi connectivity index (χ4n) is 3.44. The Morgan fingerprint density at radius 2 is 2.04 bits per heavy atom. The number of aromatic nitrogens is 4. The predicted molar refractivity (Wildman–Crippen MR) is 104 cm³/mol. The summed E-state index contributed by atoms with van der Waals surface area (Å²) in [5.74, 6) is -0.170. The van der Waals surface area contributed by atoms with Gasteiger partial charge in [-0.2, -0.15) is 5.10 Å². The summed E-state index contributed by atoms with van der Waals surface area (Å²) in [6.07, 6.45) is 7.86. The number of H-pyrrole nitrogens is 1. The van der Waals surface area contributed by atoms with Crippen LogP contribution in [0.1, 0.15) is 41.1 Å². The lowest BCUT2D eigenvalue weighted by atomic mass is 10.1. The zero-order valence-corrected chi connectivity index (χ0v) is 16.3. The van der Waals surface area contributed by atoms with E-state index in [9.17, 15) is 9.59 Å². The van der Waals surface area contributed by atoms with Crippen LogP contribution in [0.3, 0.4) is 0 Å². The number of likely N-dealkylation sites (tertiary alicyclic amines) is 1. The molecule has 1 fully saturated rings. The van der Waals surface area contributed by atoms with E-state index < -0.39 is 0 Å². The number of amides is 2. The van der Waals surface area contributed by atoms with Crippen molar-refractivity contribution in [2.75, 3.05) is 20.1 Å². The summed E-state index contributed by atoms with van der Waals surface area (Å²) in [5.41, 5.74) is 2.10. The van der Waals surface area contributed by atoms with E-state index >= 15 is 0 Å². The normalized spacial score (nSPS) is 19.5. The van der Waals surface area contributed by atoms with Gasteiger partial charge < -0.3 is 10.6 Å². The average Bonchev–Trinajstić information content (AvgIpc) is 3.31. The Morgan fingerprint density at radius 3 is 2.75 bits per heavy atom. The zero-order chi connectivity index (χ0) is 19.9. The quantitative estimate of drug-likeness (QED) is 0.608. The molecule has 0 saturated carbocycles. The fraction of sp³-hybridized carbons (Fsp3) is 0.526. The second-order valence-electron chi connectivity index (χ2n) is 7.19. The summed E-state index contributed by atoms with van der Waals surface area (Å²) >= 11 is 0. The number of hydrogen-bond acceptors (Lipinski definition) is 6. The first-order valence-electron chi connectivity index (χ1n) is 9.56. The second-order valence-corrected chi connectivity index (χ2v) is 7.19. The van der Waals surface area contributed by atoms with Gasteiger partial charge in [-0.05, 0) is 32.9 Å². The predicted octanol–water partition coefficient (Wildman–Crippen LogP) is 0.450. The van der Waals surface area contributed by atoms with E-state index in [1.54, 1.807) is 12.4 Å². The van der Waals surface area contributed by atoms with Crippen LogP contribution in [0.5, 0.6) is 0 Å². The minimum atomic E-state index is -0.221. The van der Waals surface area contributed by atoms with Gasteiger partial charge >= 0.3 is 0 Å². The number of aromatic amines is 1. The van der Waals surface area contributed by atoms with Crippen LogP contribution in [-0.4, -0.2) is 69.1 Å². The van der Waals surface area contributed by atoms with E-state index in [0.717, 1.165) is 30.7 Å². The lowest BCUT2D eigenvalue weighted by Crippen LogP contribution is -2.42. The number of carbonyl (C=O) groups is 2. The maximum Gasteiger partial charge on any atom is 0.271 e. The number of likely N-dealkylation sites (N-methyl/N-ethyl adjacent to an activating group) is 1. The molecule has 2 aromatic heterocycles. The number of carbonyl (C=O) groups excluding carboxylic acids is 2. The minimum Gasteiger partial charge on any atom is -0.356 e. The van der Waals surface area contributed by atoms with E-state index in [1.807, 2.05) is 20.0 Å². The molecule has 9 nitrogen and oxygen atoms in total. The van der Waals surface area contributed by atoms with Gasteiger partial charge in [0.25, 0.3) is 5.91 Å². The molecule has 0 spiro atoms. The largest absolute Gasteiger partial charge is 0.356 e. The first-order chi connectivity index (χ1) is 13.5. The molecule has 0 radical (unpaired) electrons. The standard InChI is InChI=1S/C19H27N7O2/c1-13-10-22-17(12-21-13)19(28)23-11-16-4-3-15(26(16)2)9-18(27)20-7-5-14-6-8-24-25-14/h6,8,10,12,15-16H,3-5,7,9,11H2,1-2H3,(H,20,27)(H,23,28)(H,24,25)/t15-,16+/m1/s1. The van der Waals surface area contributed by atoms with Gasteiger partial charge in [0.15, 0.2) is 0 Å². The number of rotatable bonds is 8. The van der Waals surface area contributed by atoms with Crippen molar-refractivity contribution in [2.45, 2.75) is 44.7 Å². The molecule has 0 aliphatic carbocycles. The topological polar surface area (TPSA) is 116 Å². The molecule has 0 unspecified atom stereocenters. The molecular formula is C19H27N7O2. The minimum absolute atomic E-state index is 0.0518. The molecule has 2 aromatic rings. The lowest BCUT2D eigenvalue weighted by Gasteiger charge is -2.25. The van der Waals surface area contributed by atoms with E-state index in [1.165, 1.54) is 6.20 Å². The smallest absolute Gasteiger partial charge is 0.271 e. The van der Waals surface area contributed by atoms with Crippen molar-refractivity contribution in [3.63, 3.8) is 0 Å². The van der Waals surface area contributed by atoms with Crippen LogP contribution < -0.4 is 10.6 Å². The second kappa shape index (κ2) is 9.41. The van der Waals surface area contributed by atoms with Crippen molar-refractivity contribution in [2.24, 2.45) is 0 Å². The zero-order valence-electron chi connectivity index (χ0n) is 16.3. The van der Waals surface area contributed by atoms with Gasteiger partial charge in [-0.3, -0.25) is 24.6 Å². The molecule has 9 heteroatoms. The molecule has 3 heterocycles. The fourth-order valence-corrected chi connectivity index (χ4v) is 3.44. The molecule has 1 saturated heterocycles. The highest BCUT2D eigenvalue weighted by Gasteiger charge is 2.31. The van der Waals surface area contributed by atoms with Crippen LogP contribution in [-0.2, 0) is 11.2 Å². The maximum absolute atomic E-state index is 12.2. The van der Waals surface area contributed by atoms with E-state index in [0.29, 0.717) is 25.2 Å². The summed E-state index contributed by atoms with van der Waals surface area (Å²) in [5, 5.41) is 12.7. The van der Waals surface area contributed by atoms with Crippen LogP contribution in [0.4, 0.5) is 0 Å². The van der Waals surface area contributed by atoms with Gasteiger partial charge in [0.05, 0.1) is 11.9 Å². The molecule has 1 aliphatic rings. The Hall–Kier alpha value is -2.81. The summed E-state index contributed by atoms with van der Waals surface area (Å²) < 4.78 is 0. The number of hydrogen-bond donors (Lipinski definition) is 3. The lowest BCUT2D eigenvalue weighted by molar-refractivity contribution is -0.122. The van der Waals surface area contributed by atoms with Crippen LogP contribution in [0, 0.1) is 6.92 Å². The van der Waals surface area contributed by atoms with Crippen LogP contribution in [0.15, 0.2) is 24.7 Å². The molecular weight excluding hydrogens is 358 g/mol. The molecule has 3 rings (SSSR count). The molecule has 1 aliphatic heterocycles. The Bertz CT molecular complexity index is 776. The molecule has 2 amide bonds. The first-order valence-corrected chi connectivity index (χ1v) is 9.56. The van der Waals surface area contributed by atoms with Gasteiger partial charge in [0.2, 0.25) is 5.91 Å². The van der Waals surface area contributed by atoms with Gasteiger partial charge in [-0.25, -0.2) is 4.98 Å². The maximum atomic E-state index is 12.2. The summed E-state index contributed by atoms with van der Waals surface area (Å²) in [4.78, 5) is 34.8. The van der Waals surface area contributed by atoms with Crippen molar-refractivity contribution in [3.05, 3.63) is 41.7 Å². The Labute approximate surface area is 164 Å². The Kier molecular flexibility index (Phi) is 6.70. The van der Waals surface area contributed by atoms with E-state index in [4.69, 9.17) is 0 Å². The summed E-state index contributed by atoms with van der Waals surface area (Å²) in [6, 6.07) is 2.30. The van der Waals surface area contributed by atoms with Crippen molar-refractivity contribution in [3.8, 4) is 0 Å². The highest BCUT2D eigenvalue weighted by Crippen LogP contribution is 2.24. The van der Waals surface area contributed by atoms with Crippen LogP contribution in [0.2, 0.25) is 0 Å². The highest BCUT2D eigenvalue weighted by molar-refractivity contribution is 5.91. The van der Waals surface area contributed by atoms with Gasteiger partial charge in [-0.1, -0.05) is 0 Å². The Morgan fingerprint density at radius 1 is 1.21 bits per heavy atom. The summed E-state index contributed by atoms with van der Waals surface area (Å²) in [6.45, 7) is 2.95. The van der Waals surface area contributed by atoms with Crippen LogP contribution >= 0.6 is 0 Å². The first kappa shape index (κ1) is 19.9. The number of nitrogens with one attached hydrogen (secondary N) is 3. The molecule has 28 heavy (non-hydrogen) atoms. The van der Waals surface area contributed by atoms with Gasteiger partial charge in [0, 0.05) is 56.1 Å². The molecule has 3 N–H and O–H groups in total. The monoisotopic (exact) mass is 385 g/mol. The third-order valence-electron chi connectivity index (χ3n) is 5.19. The third-order valence-corrected chi connectivity index (χ3v) is 5.19. The van der Waals surface area contributed by atoms with Crippen molar-refractivity contribution in [1.82, 2.24) is 35.7 Å². The highest BCUT2D eigenvalue weighted by atomic mass is 16.2. The van der Waals surface area contributed by atoms with E-state index in [2.05, 4.69) is 35.7 Å². The van der Waals surface area contributed by atoms with E-state index in [-0.39, 0.29) is 23.9 Å². The molecule has 150 valence electrons. The Balaban J connectivity index is 1.38. The average molecular weight is 385 g/mol. The number of aryl methyl sites for hydroxylation is 1. The van der Waals surface area contributed by atoms with Crippen molar-refractivity contribution < 1.29 is 9.59 Å².